The molecule has 2 N–H and O–H groups in total. The molecule has 0 radical (unpaired) electrons. The van der Waals surface area contributed by atoms with Crippen LogP contribution in [0, 0.1) is 5.82 Å². The van der Waals surface area contributed by atoms with Crippen molar-refractivity contribution in [3.05, 3.63) is 27.5 Å². The summed E-state index contributed by atoms with van der Waals surface area (Å²) in [6.07, 6.45) is 0. The fourth-order valence-electron chi connectivity index (χ4n) is 0.741. The van der Waals surface area contributed by atoms with E-state index in [1.165, 1.54) is 0 Å². The standard InChI is InChI=1S/C7H3Cl2FO3/c8-3-1-2(7(12)13)5(10)4(9)6(3)11/h1,11H,(H,12,13). The minimum atomic E-state index is -1.50. The first kappa shape index (κ1) is 10.1. The Labute approximate surface area is 82.3 Å². The highest BCUT2D eigenvalue weighted by Crippen LogP contribution is 2.35. The third-order valence-electron chi connectivity index (χ3n) is 1.36. The maximum absolute atomic E-state index is 13.0. The molecule has 1 aromatic rings. The number of rotatable bonds is 1. The maximum atomic E-state index is 13.0. The van der Waals surface area contributed by atoms with Gasteiger partial charge in [0, 0.05) is 0 Å². The Bertz CT molecular complexity index is 378. The molecule has 0 saturated heterocycles. The number of hydrogen-bond donors (Lipinski definition) is 2. The molecule has 6 heteroatoms. The van der Waals surface area contributed by atoms with Crippen molar-refractivity contribution in [2.24, 2.45) is 0 Å². The van der Waals surface area contributed by atoms with Crippen molar-refractivity contribution in [3.8, 4) is 5.75 Å². The molecule has 0 spiro atoms. The average Bonchev–Trinajstić information content (AvgIpc) is 2.07. The van der Waals surface area contributed by atoms with Gasteiger partial charge in [0.25, 0.3) is 0 Å². The highest BCUT2D eigenvalue weighted by atomic mass is 35.5. The third kappa shape index (κ3) is 1.68. The lowest BCUT2D eigenvalue weighted by atomic mass is 10.2. The van der Waals surface area contributed by atoms with Crippen molar-refractivity contribution in [1.82, 2.24) is 0 Å². The van der Waals surface area contributed by atoms with Crippen LogP contribution in [0.1, 0.15) is 10.4 Å². The lowest BCUT2D eigenvalue weighted by Gasteiger charge is -2.03. The molecule has 0 heterocycles. The number of hydrogen-bond acceptors (Lipinski definition) is 2. The molecule has 1 rings (SSSR count). The normalized spacial score (nSPS) is 10.1. The Morgan fingerprint density at radius 1 is 1.46 bits per heavy atom. The number of halogens is 3. The summed E-state index contributed by atoms with van der Waals surface area (Å²) < 4.78 is 13.0. The number of carboxylic acid groups (broad SMARTS) is 1. The molecule has 0 saturated carbocycles. The van der Waals surface area contributed by atoms with E-state index in [0.29, 0.717) is 0 Å². The molecular formula is C7H3Cl2FO3. The van der Waals surface area contributed by atoms with Crippen LogP contribution in [0.5, 0.6) is 5.75 Å². The molecule has 0 fully saturated rings. The summed E-state index contributed by atoms with van der Waals surface area (Å²) >= 11 is 10.6. The predicted octanol–water partition coefficient (Wildman–Crippen LogP) is 2.54. The van der Waals surface area contributed by atoms with E-state index in [1.807, 2.05) is 0 Å². The van der Waals surface area contributed by atoms with E-state index in [2.05, 4.69) is 0 Å². The van der Waals surface area contributed by atoms with Gasteiger partial charge < -0.3 is 10.2 Å². The molecule has 1 aromatic carbocycles. The molecule has 0 amide bonds. The molecule has 0 aliphatic heterocycles. The van der Waals surface area contributed by atoms with Gasteiger partial charge in [-0.2, -0.15) is 0 Å². The van der Waals surface area contributed by atoms with Crippen molar-refractivity contribution in [2.45, 2.75) is 0 Å². The Morgan fingerprint density at radius 2 is 2.00 bits per heavy atom. The molecule has 0 atom stereocenters. The van der Waals surface area contributed by atoms with Crippen molar-refractivity contribution in [1.29, 1.82) is 0 Å². The first-order chi connectivity index (χ1) is 5.95. The third-order valence-corrected chi connectivity index (χ3v) is 2.00. The van der Waals surface area contributed by atoms with Gasteiger partial charge in [-0.1, -0.05) is 23.2 Å². The van der Waals surface area contributed by atoms with Crippen LogP contribution in [0.15, 0.2) is 6.07 Å². The van der Waals surface area contributed by atoms with E-state index in [9.17, 15) is 9.18 Å². The SMILES string of the molecule is O=C(O)c1cc(Cl)c(O)c(Cl)c1F. The van der Waals surface area contributed by atoms with E-state index in [1.54, 1.807) is 0 Å². The number of aromatic hydroxyl groups is 1. The van der Waals surface area contributed by atoms with Crippen LogP contribution in [-0.4, -0.2) is 16.2 Å². The summed E-state index contributed by atoms with van der Waals surface area (Å²) in [5.41, 5.74) is -0.673. The average molecular weight is 225 g/mol. The van der Waals surface area contributed by atoms with Crippen molar-refractivity contribution in [2.75, 3.05) is 0 Å². The first-order valence-electron chi connectivity index (χ1n) is 3.05. The molecule has 70 valence electrons. The van der Waals surface area contributed by atoms with Gasteiger partial charge in [0.15, 0.2) is 11.6 Å². The highest BCUT2D eigenvalue weighted by molar-refractivity contribution is 6.37. The van der Waals surface area contributed by atoms with Crippen LogP contribution in [-0.2, 0) is 0 Å². The van der Waals surface area contributed by atoms with E-state index < -0.39 is 28.1 Å². The zero-order valence-electron chi connectivity index (χ0n) is 6.01. The van der Waals surface area contributed by atoms with Gasteiger partial charge in [0.1, 0.15) is 5.02 Å². The maximum Gasteiger partial charge on any atom is 0.338 e. The zero-order chi connectivity index (χ0) is 10.2. The lowest BCUT2D eigenvalue weighted by molar-refractivity contribution is 0.0692. The highest BCUT2D eigenvalue weighted by Gasteiger charge is 2.19. The zero-order valence-corrected chi connectivity index (χ0v) is 7.53. The Hall–Kier alpha value is -1.00. The fraction of sp³-hybridized carbons (Fsp3) is 0. The van der Waals surface area contributed by atoms with Gasteiger partial charge in [0.2, 0.25) is 0 Å². The minimum absolute atomic E-state index is 0.302. The van der Waals surface area contributed by atoms with Crippen LogP contribution in [0.25, 0.3) is 0 Å². The van der Waals surface area contributed by atoms with Gasteiger partial charge >= 0.3 is 5.97 Å². The second-order valence-electron chi connectivity index (χ2n) is 2.19. The van der Waals surface area contributed by atoms with Crippen molar-refractivity contribution in [3.63, 3.8) is 0 Å². The second kappa shape index (κ2) is 3.40. The van der Waals surface area contributed by atoms with Gasteiger partial charge in [-0.05, 0) is 6.07 Å². The minimum Gasteiger partial charge on any atom is -0.505 e. The van der Waals surface area contributed by atoms with E-state index in [4.69, 9.17) is 33.4 Å². The molecule has 0 aromatic heterocycles. The van der Waals surface area contributed by atoms with Crippen LogP contribution in [0.4, 0.5) is 4.39 Å². The monoisotopic (exact) mass is 224 g/mol. The molecule has 0 aliphatic carbocycles. The Balaban J connectivity index is 3.50. The molecule has 0 unspecified atom stereocenters. The fourth-order valence-corrected chi connectivity index (χ4v) is 1.20. The van der Waals surface area contributed by atoms with Crippen LogP contribution in [0.2, 0.25) is 10.0 Å². The molecule has 3 nitrogen and oxygen atoms in total. The number of phenolic OH excluding ortho intramolecular Hbond substituents is 1. The van der Waals surface area contributed by atoms with Crippen LogP contribution in [0.3, 0.4) is 0 Å². The number of carbonyl (C=O) groups is 1. The second-order valence-corrected chi connectivity index (χ2v) is 2.97. The summed E-state index contributed by atoms with van der Waals surface area (Å²) in [7, 11) is 0. The van der Waals surface area contributed by atoms with E-state index in [0.717, 1.165) is 6.07 Å². The summed E-state index contributed by atoms with van der Waals surface area (Å²) in [4.78, 5) is 10.4. The largest absolute Gasteiger partial charge is 0.505 e. The van der Waals surface area contributed by atoms with Gasteiger partial charge in [-0.15, -0.1) is 0 Å². The Kier molecular flexibility index (Phi) is 2.63. The van der Waals surface area contributed by atoms with Crippen molar-refractivity contribution >= 4 is 29.2 Å². The number of phenols is 1. The predicted molar refractivity (Wildman–Crippen MR) is 45.0 cm³/mol. The van der Waals surface area contributed by atoms with E-state index >= 15 is 0 Å². The van der Waals surface area contributed by atoms with Crippen LogP contribution >= 0.6 is 23.2 Å². The first-order valence-corrected chi connectivity index (χ1v) is 3.80. The number of aromatic carboxylic acids is 1. The Morgan fingerprint density at radius 3 is 2.46 bits per heavy atom. The smallest absolute Gasteiger partial charge is 0.338 e. The van der Waals surface area contributed by atoms with Gasteiger partial charge in [-0.25, -0.2) is 9.18 Å². The summed E-state index contributed by atoms with van der Waals surface area (Å²) in [5, 5.41) is 16.5. The van der Waals surface area contributed by atoms with Gasteiger partial charge in [-0.3, -0.25) is 0 Å². The summed E-state index contributed by atoms with van der Waals surface area (Å²) in [6.45, 7) is 0. The van der Waals surface area contributed by atoms with Crippen LogP contribution < -0.4 is 0 Å². The molecular weight excluding hydrogens is 222 g/mol. The topological polar surface area (TPSA) is 57.5 Å². The molecule has 0 aliphatic rings. The lowest BCUT2D eigenvalue weighted by Crippen LogP contribution is -2.01. The summed E-state index contributed by atoms with van der Waals surface area (Å²) in [5.74, 6) is -3.36. The summed E-state index contributed by atoms with van der Waals surface area (Å²) in [6, 6.07) is 0.792. The molecule has 13 heavy (non-hydrogen) atoms. The molecule has 0 bridgehead atoms. The number of carboxylic acids is 1. The quantitative estimate of drug-likeness (QED) is 0.722. The van der Waals surface area contributed by atoms with E-state index in [-0.39, 0.29) is 5.02 Å². The van der Waals surface area contributed by atoms with Crippen molar-refractivity contribution < 1.29 is 19.4 Å². The van der Waals surface area contributed by atoms with Gasteiger partial charge in [0.05, 0.1) is 10.6 Å². The number of benzene rings is 1.